The molecule has 0 unspecified atom stereocenters. The number of nitrogens with zero attached hydrogens (tertiary/aromatic N) is 2. The summed E-state index contributed by atoms with van der Waals surface area (Å²) in [4.78, 5) is 4.20. The lowest BCUT2D eigenvalue weighted by atomic mass is 10.1. The summed E-state index contributed by atoms with van der Waals surface area (Å²) in [6.07, 6.45) is 3.14. The molecular weight excluding hydrogens is 404 g/mol. The van der Waals surface area contributed by atoms with Gasteiger partial charge in [0.05, 0.1) is 23.7 Å². The number of benzene rings is 2. The van der Waals surface area contributed by atoms with Crippen LogP contribution >= 0.6 is 15.9 Å². The van der Waals surface area contributed by atoms with Crippen molar-refractivity contribution < 1.29 is 13.2 Å². The minimum atomic E-state index is -3.71. The number of halogens is 1. The Balaban J connectivity index is 2.06. The normalized spacial score (nSPS) is 11.6. The van der Waals surface area contributed by atoms with Gasteiger partial charge in [0.25, 0.3) is 10.0 Å². The molecule has 7 heteroatoms. The summed E-state index contributed by atoms with van der Waals surface area (Å²) in [5.41, 5.74) is 0.558. The van der Waals surface area contributed by atoms with Crippen LogP contribution in [-0.2, 0) is 14.8 Å². The molecule has 0 saturated heterocycles. The SMILES string of the molecule is COCCN(c1ccncc1)S(=O)(=O)c1ccc2cc(Br)ccc2c1. The van der Waals surface area contributed by atoms with Crippen molar-refractivity contribution in [2.24, 2.45) is 0 Å². The molecule has 0 atom stereocenters. The second kappa shape index (κ2) is 7.51. The van der Waals surface area contributed by atoms with Gasteiger partial charge >= 0.3 is 0 Å². The summed E-state index contributed by atoms with van der Waals surface area (Å²) in [6, 6.07) is 14.2. The van der Waals surface area contributed by atoms with Gasteiger partial charge in [-0.15, -0.1) is 0 Å². The molecule has 5 nitrogen and oxygen atoms in total. The van der Waals surface area contributed by atoms with E-state index in [4.69, 9.17) is 4.74 Å². The van der Waals surface area contributed by atoms with Crippen LogP contribution < -0.4 is 4.31 Å². The topological polar surface area (TPSA) is 59.5 Å². The highest BCUT2D eigenvalue weighted by atomic mass is 79.9. The van der Waals surface area contributed by atoms with Crippen LogP contribution in [0.1, 0.15) is 0 Å². The van der Waals surface area contributed by atoms with Crippen LogP contribution in [-0.4, -0.2) is 33.7 Å². The fourth-order valence-corrected chi connectivity index (χ4v) is 4.42. The third-order valence-corrected chi connectivity index (χ3v) is 6.13. The smallest absolute Gasteiger partial charge is 0.264 e. The van der Waals surface area contributed by atoms with Gasteiger partial charge in [0.15, 0.2) is 0 Å². The van der Waals surface area contributed by atoms with Gasteiger partial charge < -0.3 is 4.74 Å². The third kappa shape index (κ3) is 3.84. The first-order valence-electron chi connectivity index (χ1n) is 7.63. The summed E-state index contributed by atoms with van der Waals surface area (Å²) >= 11 is 3.43. The predicted molar refractivity (Wildman–Crippen MR) is 102 cm³/mol. The Labute approximate surface area is 155 Å². The number of pyridine rings is 1. The summed E-state index contributed by atoms with van der Waals surface area (Å²) in [5.74, 6) is 0. The van der Waals surface area contributed by atoms with E-state index in [9.17, 15) is 8.42 Å². The minimum Gasteiger partial charge on any atom is -0.383 e. The second-order valence-electron chi connectivity index (χ2n) is 5.43. The Kier molecular flexibility index (Phi) is 5.36. The fourth-order valence-electron chi connectivity index (χ4n) is 2.55. The predicted octanol–water partition coefficient (Wildman–Crippen LogP) is 3.84. The number of fused-ring (bicyclic) bond motifs is 1. The van der Waals surface area contributed by atoms with Crippen molar-refractivity contribution in [2.75, 3.05) is 24.6 Å². The molecule has 0 N–H and O–H groups in total. The van der Waals surface area contributed by atoms with Crippen LogP contribution in [0.25, 0.3) is 10.8 Å². The number of anilines is 1. The van der Waals surface area contributed by atoms with Crippen LogP contribution in [0.3, 0.4) is 0 Å². The zero-order valence-corrected chi connectivity index (χ0v) is 16.0. The van der Waals surface area contributed by atoms with E-state index in [-0.39, 0.29) is 11.4 Å². The van der Waals surface area contributed by atoms with Crippen molar-refractivity contribution in [3.05, 3.63) is 65.4 Å². The fraction of sp³-hybridized carbons (Fsp3) is 0.167. The lowest BCUT2D eigenvalue weighted by molar-refractivity contribution is 0.208. The Morgan fingerprint density at radius 2 is 1.72 bits per heavy atom. The lowest BCUT2D eigenvalue weighted by Gasteiger charge is -2.24. The molecule has 3 aromatic rings. The van der Waals surface area contributed by atoms with E-state index in [0.29, 0.717) is 12.3 Å². The molecule has 130 valence electrons. The maximum Gasteiger partial charge on any atom is 0.264 e. The van der Waals surface area contributed by atoms with Gasteiger partial charge in [-0.25, -0.2) is 8.42 Å². The molecule has 0 fully saturated rings. The number of hydrogen-bond acceptors (Lipinski definition) is 4. The first kappa shape index (κ1) is 17.8. The zero-order valence-electron chi connectivity index (χ0n) is 13.6. The van der Waals surface area contributed by atoms with Crippen molar-refractivity contribution in [2.45, 2.75) is 4.90 Å². The summed E-state index contributed by atoms with van der Waals surface area (Å²) < 4.78 is 33.8. The Morgan fingerprint density at radius 3 is 2.44 bits per heavy atom. The van der Waals surface area contributed by atoms with E-state index >= 15 is 0 Å². The van der Waals surface area contributed by atoms with Crippen molar-refractivity contribution in [3.8, 4) is 0 Å². The quantitative estimate of drug-likeness (QED) is 0.607. The highest BCUT2D eigenvalue weighted by Crippen LogP contribution is 2.27. The molecule has 0 radical (unpaired) electrons. The largest absolute Gasteiger partial charge is 0.383 e. The molecule has 0 aliphatic carbocycles. The molecule has 0 aliphatic rings. The van der Waals surface area contributed by atoms with Gasteiger partial charge in [-0.1, -0.05) is 28.1 Å². The number of sulfonamides is 1. The molecule has 0 aliphatic heterocycles. The van der Waals surface area contributed by atoms with Gasteiger partial charge in [-0.3, -0.25) is 9.29 Å². The summed E-state index contributed by atoms with van der Waals surface area (Å²) in [7, 11) is -2.17. The minimum absolute atomic E-state index is 0.223. The van der Waals surface area contributed by atoms with Crippen LogP contribution in [0, 0.1) is 0 Å². The molecule has 0 spiro atoms. The molecule has 1 aromatic heterocycles. The van der Waals surface area contributed by atoms with Crippen LogP contribution in [0.4, 0.5) is 5.69 Å². The second-order valence-corrected chi connectivity index (χ2v) is 8.21. The molecular formula is C18H17BrN2O3S. The first-order valence-corrected chi connectivity index (χ1v) is 9.87. The number of hydrogen-bond donors (Lipinski definition) is 0. The van der Waals surface area contributed by atoms with Gasteiger partial charge in [-0.2, -0.15) is 0 Å². The Hall–Kier alpha value is -1.96. The summed E-state index contributed by atoms with van der Waals surface area (Å²) in [5, 5.41) is 1.84. The number of rotatable bonds is 6. The van der Waals surface area contributed by atoms with Crippen molar-refractivity contribution in [3.63, 3.8) is 0 Å². The maximum atomic E-state index is 13.2. The Bertz CT molecular complexity index is 978. The van der Waals surface area contributed by atoms with E-state index < -0.39 is 10.0 Å². The number of ether oxygens (including phenoxy) is 1. The lowest BCUT2D eigenvalue weighted by Crippen LogP contribution is -2.34. The van der Waals surface area contributed by atoms with E-state index in [1.54, 1.807) is 43.8 Å². The molecule has 0 amide bonds. The van der Waals surface area contributed by atoms with Crippen LogP contribution in [0.2, 0.25) is 0 Å². The van der Waals surface area contributed by atoms with Gasteiger partial charge in [-0.05, 0) is 47.2 Å². The average molecular weight is 421 g/mol. The van der Waals surface area contributed by atoms with Crippen LogP contribution in [0.5, 0.6) is 0 Å². The van der Waals surface area contributed by atoms with Gasteiger partial charge in [0.1, 0.15) is 0 Å². The molecule has 3 rings (SSSR count). The van der Waals surface area contributed by atoms with E-state index in [1.807, 2.05) is 24.3 Å². The monoisotopic (exact) mass is 420 g/mol. The maximum absolute atomic E-state index is 13.2. The van der Waals surface area contributed by atoms with E-state index in [1.165, 1.54) is 4.31 Å². The van der Waals surface area contributed by atoms with E-state index in [2.05, 4.69) is 20.9 Å². The van der Waals surface area contributed by atoms with Crippen molar-refractivity contribution in [1.82, 2.24) is 4.98 Å². The highest BCUT2D eigenvalue weighted by molar-refractivity contribution is 9.10. The van der Waals surface area contributed by atoms with Crippen molar-refractivity contribution in [1.29, 1.82) is 0 Å². The Morgan fingerprint density at radius 1 is 1.04 bits per heavy atom. The van der Waals surface area contributed by atoms with Gasteiger partial charge in [0.2, 0.25) is 0 Å². The molecule has 1 heterocycles. The van der Waals surface area contributed by atoms with Crippen molar-refractivity contribution >= 4 is 42.4 Å². The molecule has 0 saturated carbocycles. The molecule has 0 bridgehead atoms. The zero-order chi connectivity index (χ0) is 17.9. The average Bonchev–Trinajstić information content (AvgIpc) is 2.62. The first-order chi connectivity index (χ1) is 12.0. The highest BCUT2D eigenvalue weighted by Gasteiger charge is 2.25. The van der Waals surface area contributed by atoms with Crippen LogP contribution in [0.15, 0.2) is 70.3 Å². The number of methoxy groups -OCH3 is 1. The third-order valence-electron chi connectivity index (χ3n) is 3.81. The molecule has 25 heavy (non-hydrogen) atoms. The number of aromatic nitrogens is 1. The van der Waals surface area contributed by atoms with Gasteiger partial charge in [0, 0.05) is 24.0 Å². The standard InChI is InChI=1S/C18H17BrN2O3S/c1-24-11-10-21(17-6-8-20-9-7-17)25(22,23)18-5-3-14-12-16(19)4-2-15(14)13-18/h2-9,12-13H,10-11H2,1H3. The summed E-state index contributed by atoms with van der Waals surface area (Å²) in [6.45, 7) is 0.517. The van der Waals surface area contributed by atoms with E-state index in [0.717, 1.165) is 15.2 Å². The molecule has 2 aromatic carbocycles.